The predicted octanol–water partition coefficient (Wildman–Crippen LogP) is 3.07. The Morgan fingerprint density at radius 3 is 2.61 bits per heavy atom. The average Bonchev–Trinajstić information content (AvgIpc) is 2.70. The molecule has 1 aromatic carbocycles. The van der Waals surface area contributed by atoms with Crippen molar-refractivity contribution in [3.63, 3.8) is 0 Å². The van der Waals surface area contributed by atoms with E-state index in [1.54, 1.807) is 0 Å². The van der Waals surface area contributed by atoms with Gasteiger partial charge in [-0.15, -0.1) is 0 Å². The number of rotatable bonds is 1. The minimum Gasteiger partial charge on any atom is -0.383 e. The van der Waals surface area contributed by atoms with Crippen LogP contribution in [0, 0.1) is 0 Å². The van der Waals surface area contributed by atoms with E-state index in [1.165, 1.54) is 24.1 Å². The lowest BCUT2D eigenvalue weighted by Crippen LogP contribution is -2.23. The smallest absolute Gasteiger partial charge is 0.130 e. The highest BCUT2D eigenvalue weighted by atomic mass is 15.3. The van der Waals surface area contributed by atoms with Gasteiger partial charge in [-0.2, -0.15) is 5.10 Å². The summed E-state index contributed by atoms with van der Waals surface area (Å²) in [7, 11) is 0. The molecule has 0 radical (unpaired) electrons. The van der Waals surface area contributed by atoms with Crippen LogP contribution in [0.3, 0.4) is 0 Å². The number of benzene rings is 1. The number of anilines is 1. The van der Waals surface area contributed by atoms with E-state index in [0.717, 1.165) is 17.9 Å². The maximum absolute atomic E-state index is 6.28. The number of para-hydroxylation sites is 1. The van der Waals surface area contributed by atoms with Crippen LogP contribution in [0.2, 0.25) is 0 Å². The molecule has 0 bridgehead atoms. The molecular weight excluding hydrogens is 222 g/mol. The third kappa shape index (κ3) is 1.62. The largest absolute Gasteiger partial charge is 0.383 e. The van der Waals surface area contributed by atoms with E-state index in [0.29, 0.717) is 0 Å². The minimum absolute atomic E-state index is 0.141. The summed E-state index contributed by atoms with van der Waals surface area (Å²) in [6, 6.07) is 10.1. The number of hydrogen-bond acceptors (Lipinski definition) is 2. The topological polar surface area (TPSA) is 43.8 Å². The van der Waals surface area contributed by atoms with Crippen LogP contribution in [0.4, 0.5) is 5.82 Å². The third-order valence-electron chi connectivity index (χ3n) is 3.89. The molecule has 1 aliphatic carbocycles. The Kier molecular flexibility index (Phi) is 2.44. The van der Waals surface area contributed by atoms with E-state index in [-0.39, 0.29) is 5.41 Å². The number of aromatic nitrogens is 2. The maximum atomic E-state index is 6.28. The number of nitrogens with two attached hydrogens (primary N) is 1. The van der Waals surface area contributed by atoms with Gasteiger partial charge in [0.15, 0.2) is 0 Å². The molecule has 0 atom stereocenters. The Bertz CT molecular complexity index is 567. The molecule has 0 aliphatic heterocycles. The summed E-state index contributed by atoms with van der Waals surface area (Å²) in [4.78, 5) is 0. The summed E-state index contributed by atoms with van der Waals surface area (Å²) in [6.45, 7) is 4.51. The van der Waals surface area contributed by atoms with E-state index in [2.05, 4.69) is 13.8 Å². The van der Waals surface area contributed by atoms with E-state index < -0.39 is 0 Å². The van der Waals surface area contributed by atoms with Crippen molar-refractivity contribution in [1.82, 2.24) is 9.78 Å². The molecule has 2 N–H and O–H groups in total. The van der Waals surface area contributed by atoms with E-state index in [9.17, 15) is 0 Å². The second-order valence-corrected chi connectivity index (χ2v) is 5.70. The fourth-order valence-electron chi connectivity index (χ4n) is 2.85. The molecule has 0 unspecified atom stereocenters. The van der Waals surface area contributed by atoms with Gasteiger partial charge in [0, 0.05) is 11.0 Å². The van der Waals surface area contributed by atoms with Crippen molar-refractivity contribution in [2.45, 2.75) is 38.5 Å². The number of nitrogens with zero attached hydrogens (tertiary/aromatic N) is 2. The molecule has 0 saturated carbocycles. The molecule has 0 amide bonds. The van der Waals surface area contributed by atoms with Crippen LogP contribution in [-0.2, 0) is 11.8 Å². The molecule has 3 nitrogen and oxygen atoms in total. The van der Waals surface area contributed by atoms with Gasteiger partial charge in [0.1, 0.15) is 5.82 Å². The zero-order valence-corrected chi connectivity index (χ0v) is 11.0. The number of nitrogen functional groups attached to an aromatic ring is 1. The van der Waals surface area contributed by atoms with Crippen molar-refractivity contribution in [2.75, 3.05) is 5.73 Å². The normalized spacial score (nSPS) is 17.4. The van der Waals surface area contributed by atoms with Crippen LogP contribution in [0.5, 0.6) is 0 Å². The lowest BCUT2D eigenvalue weighted by Gasteiger charge is -2.28. The molecule has 0 spiro atoms. The summed E-state index contributed by atoms with van der Waals surface area (Å²) in [5.41, 5.74) is 9.88. The fraction of sp³-hybridized carbons (Fsp3) is 0.400. The van der Waals surface area contributed by atoms with Crippen LogP contribution >= 0.6 is 0 Å². The first-order chi connectivity index (χ1) is 8.59. The highest BCUT2D eigenvalue weighted by molar-refractivity contribution is 5.52. The second-order valence-electron chi connectivity index (χ2n) is 5.70. The van der Waals surface area contributed by atoms with Gasteiger partial charge in [-0.25, -0.2) is 4.68 Å². The summed E-state index contributed by atoms with van der Waals surface area (Å²) in [5, 5.41) is 4.76. The van der Waals surface area contributed by atoms with E-state index in [1.807, 2.05) is 35.0 Å². The molecule has 0 saturated heterocycles. The molecule has 1 aromatic heterocycles. The van der Waals surface area contributed by atoms with E-state index in [4.69, 9.17) is 10.8 Å². The molecule has 2 aromatic rings. The van der Waals surface area contributed by atoms with Crippen molar-refractivity contribution < 1.29 is 0 Å². The lowest BCUT2D eigenvalue weighted by molar-refractivity contribution is 0.419. The zero-order valence-electron chi connectivity index (χ0n) is 11.0. The summed E-state index contributed by atoms with van der Waals surface area (Å²) in [6.07, 6.45) is 3.44. The van der Waals surface area contributed by atoms with Gasteiger partial charge in [-0.05, 0) is 31.4 Å². The number of hydrogen-bond donors (Lipinski definition) is 1. The fourth-order valence-corrected chi connectivity index (χ4v) is 2.85. The van der Waals surface area contributed by atoms with Crippen LogP contribution in [0.15, 0.2) is 30.3 Å². The lowest BCUT2D eigenvalue weighted by atomic mass is 9.77. The molecule has 1 aliphatic rings. The Labute approximate surface area is 108 Å². The highest BCUT2D eigenvalue weighted by Gasteiger charge is 2.33. The first kappa shape index (κ1) is 11.3. The van der Waals surface area contributed by atoms with Gasteiger partial charge in [0.2, 0.25) is 0 Å². The SMILES string of the molecule is CC1(C)CCCc2c1nn(-c1ccccc1)c2N. The van der Waals surface area contributed by atoms with Crippen molar-refractivity contribution in [3.05, 3.63) is 41.6 Å². The van der Waals surface area contributed by atoms with Crippen molar-refractivity contribution in [3.8, 4) is 5.69 Å². The van der Waals surface area contributed by atoms with Gasteiger partial charge in [-0.1, -0.05) is 32.0 Å². The standard InChI is InChI=1S/C15H19N3/c1-15(2)10-6-9-12-13(15)17-18(14(12)16)11-7-4-3-5-8-11/h3-5,7-8H,6,9-10,16H2,1-2H3. The minimum atomic E-state index is 0.141. The molecule has 18 heavy (non-hydrogen) atoms. The molecular formula is C15H19N3. The first-order valence-electron chi connectivity index (χ1n) is 6.53. The van der Waals surface area contributed by atoms with Crippen LogP contribution in [0.1, 0.15) is 37.9 Å². The summed E-state index contributed by atoms with van der Waals surface area (Å²) < 4.78 is 1.89. The Morgan fingerprint density at radius 1 is 1.22 bits per heavy atom. The quantitative estimate of drug-likeness (QED) is 0.834. The summed E-state index contributed by atoms with van der Waals surface area (Å²) >= 11 is 0. The third-order valence-corrected chi connectivity index (χ3v) is 3.89. The second kappa shape index (κ2) is 3.87. The zero-order chi connectivity index (χ0) is 12.8. The summed E-state index contributed by atoms with van der Waals surface area (Å²) in [5.74, 6) is 0.809. The van der Waals surface area contributed by atoms with Crippen LogP contribution in [0.25, 0.3) is 5.69 Å². The maximum Gasteiger partial charge on any atom is 0.130 e. The van der Waals surface area contributed by atoms with Crippen molar-refractivity contribution >= 4 is 5.82 Å². The first-order valence-corrected chi connectivity index (χ1v) is 6.53. The average molecular weight is 241 g/mol. The monoisotopic (exact) mass is 241 g/mol. The molecule has 0 fully saturated rings. The Morgan fingerprint density at radius 2 is 1.94 bits per heavy atom. The van der Waals surface area contributed by atoms with Gasteiger partial charge in [0.05, 0.1) is 11.4 Å². The van der Waals surface area contributed by atoms with E-state index >= 15 is 0 Å². The van der Waals surface area contributed by atoms with Gasteiger partial charge in [-0.3, -0.25) is 0 Å². The predicted molar refractivity (Wildman–Crippen MR) is 73.9 cm³/mol. The number of fused-ring (bicyclic) bond motifs is 1. The Balaban J connectivity index is 2.17. The molecule has 94 valence electrons. The van der Waals surface area contributed by atoms with Crippen molar-refractivity contribution in [1.29, 1.82) is 0 Å². The highest BCUT2D eigenvalue weighted by Crippen LogP contribution is 2.39. The molecule has 1 heterocycles. The van der Waals surface area contributed by atoms with Crippen LogP contribution in [-0.4, -0.2) is 9.78 Å². The van der Waals surface area contributed by atoms with Gasteiger partial charge >= 0.3 is 0 Å². The van der Waals surface area contributed by atoms with Gasteiger partial charge < -0.3 is 5.73 Å². The molecule has 3 rings (SSSR count). The molecule has 3 heteroatoms. The Hall–Kier alpha value is -1.77. The van der Waals surface area contributed by atoms with Crippen LogP contribution < -0.4 is 5.73 Å². The van der Waals surface area contributed by atoms with Crippen molar-refractivity contribution in [2.24, 2.45) is 0 Å². The van der Waals surface area contributed by atoms with Gasteiger partial charge in [0.25, 0.3) is 0 Å².